The number of nitrogens with one attached hydrogen (secondary N) is 1. The summed E-state index contributed by atoms with van der Waals surface area (Å²) < 4.78 is 25.5. The van der Waals surface area contributed by atoms with Crippen molar-refractivity contribution in [3.05, 3.63) is 65.5 Å². The van der Waals surface area contributed by atoms with Gasteiger partial charge in [0.15, 0.2) is 6.10 Å². The van der Waals surface area contributed by atoms with Gasteiger partial charge >= 0.3 is 0 Å². The minimum Gasteiger partial charge on any atom is -0.482 e. The van der Waals surface area contributed by atoms with E-state index >= 15 is 0 Å². The zero-order valence-corrected chi connectivity index (χ0v) is 13.8. The lowest BCUT2D eigenvalue weighted by Gasteiger charge is -2.31. The van der Waals surface area contributed by atoms with Crippen LogP contribution in [0.5, 0.6) is 5.75 Å². The van der Waals surface area contributed by atoms with Crippen LogP contribution in [-0.4, -0.2) is 25.8 Å². The van der Waals surface area contributed by atoms with E-state index in [1.54, 1.807) is 36.4 Å². The second kappa shape index (κ2) is 8.65. The molecule has 1 N–H and O–H groups in total. The summed E-state index contributed by atoms with van der Waals surface area (Å²) in [7, 11) is 0. The number of para-hydroxylation sites is 1. The van der Waals surface area contributed by atoms with Crippen molar-refractivity contribution in [3.63, 3.8) is 0 Å². The van der Waals surface area contributed by atoms with Gasteiger partial charge in [0.2, 0.25) is 0 Å². The van der Waals surface area contributed by atoms with Gasteiger partial charge in [-0.25, -0.2) is 4.39 Å². The Bertz CT molecular complexity index is 714. The van der Waals surface area contributed by atoms with Crippen molar-refractivity contribution >= 4 is 12.4 Å². The molecule has 3 rings (SSSR count). The van der Waals surface area contributed by atoms with Crippen molar-refractivity contribution in [2.75, 3.05) is 19.7 Å². The number of nitriles is 1. The van der Waals surface area contributed by atoms with Gasteiger partial charge in [0, 0.05) is 13.1 Å². The Morgan fingerprint density at radius 1 is 1.25 bits per heavy atom. The summed E-state index contributed by atoms with van der Waals surface area (Å²) in [5, 5.41) is 12.5. The fourth-order valence-corrected chi connectivity index (χ4v) is 2.62. The van der Waals surface area contributed by atoms with Crippen LogP contribution in [0.4, 0.5) is 4.39 Å². The highest BCUT2D eigenvalue weighted by atomic mass is 35.5. The van der Waals surface area contributed by atoms with Gasteiger partial charge in [-0.05, 0) is 29.8 Å². The molecule has 0 radical (unpaired) electrons. The molecule has 1 saturated heterocycles. The molecule has 0 saturated carbocycles. The van der Waals surface area contributed by atoms with E-state index in [0.29, 0.717) is 30.0 Å². The van der Waals surface area contributed by atoms with Crippen LogP contribution in [0.25, 0.3) is 0 Å². The fraction of sp³-hybridized carbons (Fsp3) is 0.278. The monoisotopic (exact) mass is 348 g/mol. The lowest BCUT2D eigenvalue weighted by Crippen LogP contribution is -2.43. The quantitative estimate of drug-likeness (QED) is 0.921. The van der Waals surface area contributed by atoms with Crippen LogP contribution in [0.3, 0.4) is 0 Å². The molecular weight excluding hydrogens is 331 g/mol. The predicted molar refractivity (Wildman–Crippen MR) is 90.8 cm³/mol. The van der Waals surface area contributed by atoms with Gasteiger partial charge in [-0.1, -0.05) is 24.3 Å². The number of halogens is 2. The van der Waals surface area contributed by atoms with Crippen molar-refractivity contribution in [2.45, 2.75) is 12.2 Å². The van der Waals surface area contributed by atoms with Gasteiger partial charge in [0.25, 0.3) is 0 Å². The van der Waals surface area contributed by atoms with E-state index in [2.05, 4.69) is 11.4 Å². The van der Waals surface area contributed by atoms with Crippen LogP contribution in [0.1, 0.15) is 17.2 Å². The van der Waals surface area contributed by atoms with Gasteiger partial charge in [-0.3, -0.25) is 0 Å². The van der Waals surface area contributed by atoms with E-state index in [-0.39, 0.29) is 24.3 Å². The molecule has 24 heavy (non-hydrogen) atoms. The first-order valence-corrected chi connectivity index (χ1v) is 7.51. The first-order valence-electron chi connectivity index (χ1n) is 7.51. The zero-order valence-electron chi connectivity index (χ0n) is 12.9. The lowest BCUT2D eigenvalue weighted by atomic mass is 10.0. The largest absolute Gasteiger partial charge is 0.482 e. The maximum absolute atomic E-state index is 13.6. The zero-order chi connectivity index (χ0) is 16.1. The average Bonchev–Trinajstić information content (AvgIpc) is 2.60. The fourth-order valence-electron chi connectivity index (χ4n) is 2.62. The molecule has 126 valence electrons. The summed E-state index contributed by atoms with van der Waals surface area (Å²) in [6.07, 6.45) is -0.745. The lowest BCUT2D eigenvalue weighted by molar-refractivity contribution is -0.0434. The normalized spacial score (nSPS) is 18.1. The number of morpholine rings is 1. The Labute approximate surface area is 146 Å². The minimum atomic E-state index is -0.493. The second-order valence-electron chi connectivity index (χ2n) is 5.31. The molecule has 1 fully saturated rings. The smallest absolute Gasteiger partial charge is 0.151 e. The van der Waals surface area contributed by atoms with Crippen LogP contribution in [0.15, 0.2) is 48.5 Å². The van der Waals surface area contributed by atoms with E-state index < -0.39 is 6.10 Å². The second-order valence-corrected chi connectivity index (χ2v) is 5.31. The number of hydrogen-bond acceptors (Lipinski definition) is 4. The van der Waals surface area contributed by atoms with Gasteiger partial charge in [0.1, 0.15) is 23.7 Å². The van der Waals surface area contributed by atoms with E-state index in [0.717, 1.165) is 6.54 Å². The molecule has 0 aliphatic carbocycles. The maximum atomic E-state index is 13.6. The van der Waals surface area contributed by atoms with Crippen molar-refractivity contribution in [1.82, 2.24) is 5.32 Å². The molecule has 2 aromatic rings. The maximum Gasteiger partial charge on any atom is 0.151 e. The summed E-state index contributed by atoms with van der Waals surface area (Å²) in [6.45, 7) is 1.96. The highest BCUT2D eigenvalue weighted by Gasteiger charge is 2.28. The standard InChI is InChI=1S/C18H17FN2O2.ClH/c19-15-6-3-5-13(10-15)18(17-12-21-8-9-22-17)23-16-7-2-1-4-14(16)11-20;/h1-7,10,17-18,21H,8-9,12H2;1H/t17-,18?;/m0./s1. The summed E-state index contributed by atoms with van der Waals surface area (Å²) in [5.74, 6) is 0.145. The molecule has 2 atom stereocenters. The Morgan fingerprint density at radius 3 is 2.79 bits per heavy atom. The number of rotatable bonds is 4. The first kappa shape index (κ1) is 18.2. The molecule has 1 unspecified atom stereocenters. The van der Waals surface area contributed by atoms with Gasteiger partial charge in [-0.15, -0.1) is 12.4 Å². The minimum absolute atomic E-state index is 0. The molecule has 2 aromatic carbocycles. The van der Waals surface area contributed by atoms with Crippen LogP contribution in [-0.2, 0) is 4.74 Å². The highest BCUT2D eigenvalue weighted by Crippen LogP contribution is 2.29. The molecular formula is C18H18ClFN2O2. The Kier molecular flexibility index (Phi) is 6.56. The molecule has 0 spiro atoms. The number of ether oxygens (including phenoxy) is 2. The summed E-state index contributed by atoms with van der Waals surface area (Å²) >= 11 is 0. The van der Waals surface area contributed by atoms with Crippen molar-refractivity contribution in [3.8, 4) is 11.8 Å². The average molecular weight is 349 g/mol. The molecule has 1 aliphatic heterocycles. The Balaban J connectivity index is 0.00000208. The van der Waals surface area contributed by atoms with E-state index in [1.807, 2.05) is 0 Å². The Morgan fingerprint density at radius 2 is 2.08 bits per heavy atom. The Hall–Kier alpha value is -2.13. The van der Waals surface area contributed by atoms with E-state index in [1.165, 1.54) is 12.1 Å². The number of hydrogen-bond donors (Lipinski definition) is 1. The SMILES string of the molecule is Cl.N#Cc1ccccc1OC(c1cccc(F)c1)[C@@H]1CNCCO1. The molecule has 0 aromatic heterocycles. The highest BCUT2D eigenvalue weighted by molar-refractivity contribution is 5.85. The van der Waals surface area contributed by atoms with E-state index in [9.17, 15) is 9.65 Å². The number of benzene rings is 2. The molecule has 1 aliphatic rings. The molecule has 4 nitrogen and oxygen atoms in total. The topological polar surface area (TPSA) is 54.3 Å². The molecule has 0 amide bonds. The summed E-state index contributed by atoms with van der Waals surface area (Å²) in [4.78, 5) is 0. The molecule has 6 heteroatoms. The van der Waals surface area contributed by atoms with Crippen molar-refractivity contribution < 1.29 is 13.9 Å². The number of nitrogens with zero attached hydrogens (tertiary/aromatic N) is 1. The van der Waals surface area contributed by atoms with Gasteiger partial charge in [-0.2, -0.15) is 5.26 Å². The molecule has 0 bridgehead atoms. The van der Waals surface area contributed by atoms with Crippen molar-refractivity contribution in [2.24, 2.45) is 0 Å². The summed E-state index contributed by atoms with van der Waals surface area (Å²) in [6, 6.07) is 15.4. The van der Waals surface area contributed by atoms with E-state index in [4.69, 9.17) is 9.47 Å². The summed E-state index contributed by atoms with van der Waals surface area (Å²) in [5.41, 5.74) is 1.13. The third-order valence-electron chi connectivity index (χ3n) is 3.73. The molecule has 1 heterocycles. The predicted octanol–water partition coefficient (Wildman–Crippen LogP) is 3.23. The van der Waals surface area contributed by atoms with Gasteiger partial charge in [0.05, 0.1) is 12.2 Å². The van der Waals surface area contributed by atoms with Crippen LogP contribution >= 0.6 is 12.4 Å². The van der Waals surface area contributed by atoms with Gasteiger partial charge < -0.3 is 14.8 Å². The van der Waals surface area contributed by atoms with Crippen LogP contribution < -0.4 is 10.1 Å². The van der Waals surface area contributed by atoms with Crippen molar-refractivity contribution in [1.29, 1.82) is 5.26 Å². The third-order valence-corrected chi connectivity index (χ3v) is 3.73. The first-order chi connectivity index (χ1) is 11.3. The van der Waals surface area contributed by atoms with Crippen LogP contribution in [0, 0.1) is 17.1 Å². The third kappa shape index (κ3) is 4.24. The van der Waals surface area contributed by atoms with Crippen LogP contribution in [0.2, 0.25) is 0 Å².